The molecule has 1 aromatic heterocycles. The van der Waals surface area contributed by atoms with Gasteiger partial charge in [-0.3, -0.25) is 9.36 Å². The molecule has 0 bridgehead atoms. The topological polar surface area (TPSA) is 44.1 Å². The Kier molecular flexibility index (Phi) is 5.44. The monoisotopic (exact) mass is 422 g/mol. The summed E-state index contributed by atoms with van der Waals surface area (Å²) in [6.45, 7) is 2.43. The SMILES string of the molecule is CCn1c(SCc2ccc(OC)c(F)c2)nc2ccc(Br)cc2c1=O. The number of hydrogen-bond acceptors (Lipinski definition) is 4. The molecule has 0 N–H and O–H groups in total. The third-order valence-electron chi connectivity index (χ3n) is 3.78. The summed E-state index contributed by atoms with van der Waals surface area (Å²) in [4.78, 5) is 17.3. The highest BCUT2D eigenvalue weighted by molar-refractivity contribution is 9.10. The zero-order valence-electron chi connectivity index (χ0n) is 13.8. The molecule has 0 aliphatic carbocycles. The molecule has 0 radical (unpaired) electrons. The van der Waals surface area contributed by atoms with E-state index in [4.69, 9.17) is 4.74 Å². The molecule has 2 aromatic carbocycles. The van der Waals surface area contributed by atoms with Gasteiger partial charge in [0.15, 0.2) is 16.7 Å². The van der Waals surface area contributed by atoms with Crippen LogP contribution in [-0.2, 0) is 12.3 Å². The van der Waals surface area contributed by atoms with Crippen molar-refractivity contribution in [1.82, 2.24) is 9.55 Å². The Morgan fingerprint density at radius 2 is 2.08 bits per heavy atom. The first kappa shape index (κ1) is 17.9. The number of thioether (sulfide) groups is 1. The molecule has 130 valence electrons. The van der Waals surface area contributed by atoms with Gasteiger partial charge < -0.3 is 4.74 Å². The van der Waals surface area contributed by atoms with Crippen molar-refractivity contribution in [1.29, 1.82) is 0 Å². The van der Waals surface area contributed by atoms with Crippen molar-refractivity contribution in [2.45, 2.75) is 24.4 Å². The van der Waals surface area contributed by atoms with Crippen LogP contribution in [0.5, 0.6) is 5.75 Å². The summed E-state index contributed by atoms with van der Waals surface area (Å²) < 4.78 is 21.2. The van der Waals surface area contributed by atoms with Gasteiger partial charge in [0.1, 0.15) is 0 Å². The molecule has 4 nitrogen and oxygen atoms in total. The molecular weight excluding hydrogens is 407 g/mol. The van der Waals surface area contributed by atoms with Crippen molar-refractivity contribution in [2.75, 3.05) is 7.11 Å². The van der Waals surface area contributed by atoms with Crippen LogP contribution in [0.3, 0.4) is 0 Å². The maximum absolute atomic E-state index is 13.8. The summed E-state index contributed by atoms with van der Waals surface area (Å²) in [7, 11) is 1.43. The van der Waals surface area contributed by atoms with Crippen LogP contribution >= 0.6 is 27.7 Å². The molecule has 3 aromatic rings. The van der Waals surface area contributed by atoms with E-state index in [-0.39, 0.29) is 11.3 Å². The van der Waals surface area contributed by atoms with E-state index in [1.165, 1.54) is 24.9 Å². The molecule has 0 spiro atoms. The van der Waals surface area contributed by atoms with E-state index >= 15 is 0 Å². The van der Waals surface area contributed by atoms with E-state index < -0.39 is 5.82 Å². The summed E-state index contributed by atoms with van der Waals surface area (Å²) in [5.74, 6) is 0.327. The number of methoxy groups -OCH3 is 1. The average molecular weight is 423 g/mol. The van der Waals surface area contributed by atoms with E-state index in [1.807, 2.05) is 25.1 Å². The van der Waals surface area contributed by atoms with Crippen molar-refractivity contribution >= 4 is 38.6 Å². The lowest BCUT2D eigenvalue weighted by atomic mass is 10.2. The van der Waals surface area contributed by atoms with Crippen LogP contribution in [0.25, 0.3) is 10.9 Å². The van der Waals surface area contributed by atoms with E-state index in [0.717, 1.165) is 10.0 Å². The molecule has 3 rings (SSSR count). The van der Waals surface area contributed by atoms with Gasteiger partial charge in [-0.1, -0.05) is 33.8 Å². The number of halogens is 2. The van der Waals surface area contributed by atoms with E-state index in [1.54, 1.807) is 16.7 Å². The molecular formula is C18H16BrFN2O2S. The van der Waals surface area contributed by atoms with Crippen LogP contribution in [0.1, 0.15) is 12.5 Å². The Hall–Kier alpha value is -1.86. The first-order chi connectivity index (χ1) is 12.0. The molecule has 0 aliphatic rings. The Labute approximate surface area is 157 Å². The molecule has 1 heterocycles. The third-order valence-corrected chi connectivity index (χ3v) is 5.32. The number of benzene rings is 2. The number of rotatable bonds is 5. The van der Waals surface area contributed by atoms with Crippen LogP contribution in [0, 0.1) is 5.82 Å². The lowest BCUT2D eigenvalue weighted by Crippen LogP contribution is -2.22. The van der Waals surface area contributed by atoms with E-state index in [0.29, 0.717) is 28.4 Å². The van der Waals surface area contributed by atoms with Gasteiger partial charge in [0.25, 0.3) is 5.56 Å². The minimum absolute atomic E-state index is 0.0720. The molecule has 25 heavy (non-hydrogen) atoms. The fourth-order valence-corrected chi connectivity index (χ4v) is 3.88. The number of ether oxygens (including phenoxy) is 1. The lowest BCUT2D eigenvalue weighted by Gasteiger charge is -2.11. The molecule has 0 aliphatic heterocycles. The quantitative estimate of drug-likeness (QED) is 0.444. The Morgan fingerprint density at radius 1 is 1.28 bits per heavy atom. The zero-order chi connectivity index (χ0) is 18.0. The molecule has 0 atom stereocenters. The Morgan fingerprint density at radius 3 is 2.76 bits per heavy atom. The van der Waals surface area contributed by atoms with Gasteiger partial charge in [0.05, 0.1) is 18.0 Å². The second-order valence-electron chi connectivity index (χ2n) is 5.36. The van der Waals surface area contributed by atoms with Crippen LogP contribution < -0.4 is 10.3 Å². The van der Waals surface area contributed by atoms with Gasteiger partial charge >= 0.3 is 0 Å². The highest BCUT2D eigenvalue weighted by atomic mass is 79.9. The normalized spacial score (nSPS) is 11.0. The van der Waals surface area contributed by atoms with E-state index in [9.17, 15) is 9.18 Å². The van der Waals surface area contributed by atoms with Crippen molar-refractivity contribution in [3.05, 3.63) is 62.6 Å². The predicted molar refractivity (Wildman–Crippen MR) is 102 cm³/mol. The first-order valence-corrected chi connectivity index (χ1v) is 9.46. The van der Waals surface area contributed by atoms with Crippen LogP contribution in [-0.4, -0.2) is 16.7 Å². The summed E-state index contributed by atoms with van der Waals surface area (Å²) in [6.07, 6.45) is 0. The molecule has 0 saturated carbocycles. The Balaban J connectivity index is 1.94. The van der Waals surface area contributed by atoms with E-state index in [2.05, 4.69) is 20.9 Å². The van der Waals surface area contributed by atoms with Gasteiger partial charge in [-0.2, -0.15) is 0 Å². The molecule has 0 amide bonds. The van der Waals surface area contributed by atoms with Crippen molar-refractivity contribution in [3.8, 4) is 5.75 Å². The summed E-state index contributed by atoms with van der Waals surface area (Å²) in [6, 6.07) is 10.3. The van der Waals surface area contributed by atoms with Crippen LogP contribution in [0.15, 0.2) is 50.8 Å². The molecule has 0 unspecified atom stereocenters. The van der Waals surface area contributed by atoms with Gasteiger partial charge in [-0.05, 0) is 42.8 Å². The molecule has 7 heteroatoms. The van der Waals surface area contributed by atoms with Crippen LogP contribution in [0.4, 0.5) is 4.39 Å². The predicted octanol–water partition coefficient (Wildman–Crippen LogP) is 4.62. The highest BCUT2D eigenvalue weighted by Gasteiger charge is 2.12. The average Bonchev–Trinajstić information content (AvgIpc) is 2.61. The van der Waals surface area contributed by atoms with Gasteiger partial charge in [0, 0.05) is 16.8 Å². The standard InChI is InChI=1S/C18H16BrFN2O2S/c1-3-22-17(23)13-9-12(19)5-6-15(13)21-18(22)25-10-11-4-7-16(24-2)14(20)8-11/h4-9H,3,10H2,1-2H3. The van der Waals surface area contributed by atoms with Gasteiger partial charge in [0.2, 0.25) is 0 Å². The minimum Gasteiger partial charge on any atom is -0.494 e. The number of aromatic nitrogens is 2. The van der Waals surface area contributed by atoms with Crippen molar-refractivity contribution in [3.63, 3.8) is 0 Å². The maximum Gasteiger partial charge on any atom is 0.262 e. The van der Waals surface area contributed by atoms with Crippen molar-refractivity contribution in [2.24, 2.45) is 0 Å². The van der Waals surface area contributed by atoms with Crippen LogP contribution in [0.2, 0.25) is 0 Å². The second-order valence-corrected chi connectivity index (χ2v) is 7.22. The lowest BCUT2D eigenvalue weighted by molar-refractivity contribution is 0.386. The maximum atomic E-state index is 13.8. The number of fused-ring (bicyclic) bond motifs is 1. The molecule has 0 saturated heterocycles. The highest BCUT2D eigenvalue weighted by Crippen LogP contribution is 2.25. The fraction of sp³-hybridized carbons (Fsp3) is 0.222. The van der Waals surface area contributed by atoms with Crippen molar-refractivity contribution < 1.29 is 9.13 Å². The van der Waals surface area contributed by atoms with Gasteiger partial charge in [-0.25, -0.2) is 9.37 Å². The molecule has 0 fully saturated rings. The first-order valence-electron chi connectivity index (χ1n) is 7.68. The zero-order valence-corrected chi connectivity index (χ0v) is 16.2. The number of hydrogen-bond donors (Lipinski definition) is 0. The van der Waals surface area contributed by atoms with Gasteiger partial charge in [-0.15, -0.1) is 0 Å². The number of nitrogens with zero attached hydrogens (tertiary/aromatic N) is 2. The summed E-state index contributed by atoms with van der Waals surface area (Å²) in [5, 5.41) is 1.20. The fourth-order valence-electron chi connectivity index (χ4n) is 2.51. The minimum atomic E-state index is -0.398. The third kappa shape index (κ3) is 3.72. The Bertz CT molecular complexity index is 991. The smallest absolute Gasteiger partial charge is 0.262 e. The summed E-state index contributed by atoms with van der Waals surface area (Å²) in [5.41, 5.74) is 1.38. The second kappa shape index (κ2) is 7.58. The largest absolute Gasteiger partial charge is 0.494 e. The summed E-state index contributed by atoms with van der Waals surface area (Å²) >= 11 is 4.80.